The van der Waals surface area contributed by atoms with Gasteiger partial charge in [-0.25, -0.2) is 17.2 Å². The molecule has 0 aliphatic heterocycles. The normalized spacial score (nSPS) is 11.1. The molecule has 5 nitrogen and oxygen atoms in total. The van der Waals surface area contributed by atoms with E-state index >= 15 is 0 Å². The van der Waals surface area contributed by atoms with E-state index in [1.165, 1.54) is 38.5 Å². The highest BCUT2D eigenvalue weighted by Gasteiger charge is 2.19. The molecule has 8 heteroatoms. The second-order valence-corrected chi connectivity index (χ2v) is 5.91. The van der Waals surface area contributed by atoms with E-state index in [1.807, 2.05) is 4.72 Å². The number of sulfonamides is 1. The second kappa shape index (κ2) is 6.18. The Hall–Kier alpha value is -2.35. The lowest BCUT2D eigenvalue weighted by Gasteiger charge is -2.12. The molecule has 2 aromatic rings. The topological polar surface area (TPSA) is 64.6 Å². The van der Waals surface area contributed by atoms with Crippen molar-refractivity contribution < 1.29 is 26.7 Å². The molecule has 1 N–H and O–H groups in total. The first kappa shape index (κ1) is 16.0. The van der Waals surface area contributed by atoms with E-state index in [0.29, 0.717) is 5.75 Å². The average Bonchev–Trinajstić information content (AvgIpc) is 2.51. The van der Waals surface area contributed by atoms with Gasteiger partial charge in [-0.05, 0) is 24.3 Å². The monoisotopic (exact) mass is 329 g/mol. The molecule has 0 unspecified atom stereocenters. The van der Waals surface area contributed by atoms with Crippen LogP contribution in [0.3, 0.4) is 0 Å². The van der Waals surface area contributed by atoms with E-state index in [4.69, 9.17) is 9.47 Å². The van der Waals surface area contributed by atoms with Gasteiger partial charge < -0.3 is 9.47 Å². The number of hydrogen-bond donors (Lipinski definition) is 1. The Balaban J connectivity index is 2.40. The summed E-state index contributed by atoms with van der Waals surface area (Å²) in [7, 11) is -1.34. The summed E-state index contributed by atoms with van der Waals surface area (Å²) in [6.45, 7) is 0. The van der Waals surface area contributed by atoms with E-state index in [0.717, 1.165) is 12.1 Å². The van der Waals surface area contributed by atoms with E-state index in [1.54, 1.807) is 0 Å². The summed E-state index contributed by atoms with van der Waals surface area (Å²) in [6.07, 6.45) is 0. The molecule has 0 aliphatic rings. The number of ether oxygens (including phenoxy) is 2. The Labute approximate surface area is 126 Å². The molecule has 0 heterocycles. The third kappa shape index (κ3) is 3.11. The first-order valence-electron chi connectivity index (χ1n) is 6.08. The van der Waals surface area contributed by atoms with Gasteiger partial charge in [0.15, 0.2) is 23.1 Å². The van der Waals surface area contributed by atoms with Crippen molar-refractivity contribution in [1.82, 2.24) is 0 Å². The quantitative estimate of drug-likeness (QED) is 0.916. The molecule has 0 fully saturated rings. The standard InChI is InChI=1S/C14H13F2NO4S/c1-20-12-7-6-9(8-13(12)21-2)22(18,19)17-11-5-3-4-10(15)14(11)16/h3-8,17H,1-2H3. The van der Waals surface area contributed by atoms with Gasteiger partial charge in [0, 0.05) is 6.07 Å². The zero-order chi connectivity index (χ0) is 16.3. The van der Waals surface area contributed by atoms with Crippen molar-refractivity contribution in [2.45, 2.75) is 4.90 Å². The van der Waals surface area contributed by atoms with Gasteiger partial charge in [-0.3, -0.25) is 4.72 Å². The van der Waals surface area contributed by atoms with Gasteiger partial charge in [-0.15, -0.1) is 0 Å². The number of rotatable bonds is 5. The highest BCUT2D eigenvalue weighted by Crippen LogP contribution is 2.30. The summed E-state index contributed by atoms with van der Waals surface area (Å²) in [5.41, 5.74) is -0.477. The maximum atomic E-state index is 13.6. The molecular formula is C14H13F2NO4S. The smallest absolute Gasteiger partial charge is 0.262 e. The third-order valence-electron chi connectivity index (χ3n) is 2.86. The fourth-order valence-corrected chi connectivity index (χ4v) is 2.84. The molecule has 0 saturated carbocycles. The molecule has 0 atom stereocenters. The van der Waals surface area contributed by atoms with Crippen LogP contribution in [-0.4, -0.2) is 22.6 Å². The van der Waals surface area contributed by atoms with Crippen LogP contribution in [0.1, 0.15) is 0 Å². The van der Waals surface area contributed by atoms with E-state index in [2.05, 4.69) is 0 Å². The third-order valence-corrected chi connectivity index (χ3v) is 4.22. The van der Waals surface area contributed by atoms with Gasteiger partial charge in [0.2, 0.25) is 0 Å². The van der Waals surface area contributed by atoms with Crippen LogP contribution >= 0.6 is 0 Å². The molecular weight excluding hydrogens is 316 g/mol. The number of methoxy groups -OCH3 is 2. The summed E-state index contributed by atoms with van der Waals surface area (Å²) >= 11 is 0. The van der Waals surface area contributed by atoms with Crippen molar-refractivity contribution in [3.8, 4) is 11.5 Å². The maximum Gasteiger partial charge on any atom is 0.262 e. The molecule has 2 rings (SSSR count). The van der Waals surface area contributed by atoms with Crippen LogP contribution in [0, 0.1) is 11.6 Å². The van der Waals surface area contributed by atoms with Crippen molar-refractivity contribution in [2.75, 3.05) is 18.9 Å². The van der Waals surface area contributed by atoms with Crippen molar-refractivity contribution in [3.63, 3.8) is 0 Å². The van der Waals surface area contributed by atoms with Crippen molar-refractivity contribution >= 4 is 15.7 Å². The lowest BCUT2D eigenvalue weighted by molar-refractivity contribution is 0.354. The molecule has 0 radical (unpaired) electrons. The fraction of sp³-hybridized carbons (Fsp3) is 0.143. The molecule has 0 aromatic heterocycles. The van der Waals surface area contributed by atoms with Gasteiger partial charge in [-0.1, -0.05) is 6.07 Å². The minimum Gasteiger partial charge on any atom is -0.493 e. The van der Waals surface area contributed by atoms with Crippen molar-refractivity contribution in [1.29, 1.82) is 0 Å². The molecule has 2 aromatic carbocycles. The van der Waals surface area contributed by atoms with Crippen LogP contribution in [-0.2, 0) is 10.0 Å². The Kier molecular flexibility index (Phi) is 4.51. The van der Waals surface area contributed by atoms with E-state index < -0.39 is 27.3 Å². The fourth-order valence-electron chi connectivity index (χ4n) is 1.77. The predicted octanol–water partition coefficient (Wildman–Crippen LogP) is 2.78. The molecule has 0 amide bonds. The second-order valence-electron chi connectivity index (χ2n) is 4.22. The average molecular weight is 329 g/mol. The van der Waals surface area contributed by atoms with E-state index in [-0.39, 0.29) is 10.6 Å². The summed E-state index contributed by atoms with van der Waals surface area (Å²) in [6, 6.07) is 7.10. The Bertz CT molecular complexity index is 793. The molecule has 0 aliphatic carbocycles. The number of anilines is 1. The summed E-state index contributed by atoms with van der Waals surface area (Å²) in [5.74, 6) is -1.87. The Morgan fingerprint density at radius 3 is 2.32 bits per heavy atom. The van der Waals surface area contributed by atoms with Crippen molar-refractivity contribution in [3.05, 3.63) is 48.0 Å². The highest BCUT2D eigenvalue weighted by atomic mass is 32.2. The number of benzene rings is 2. The minimum absolute atomic E-state index is 0.172. The molecule has 0 bridgehead atoms. The van der Waals surface area contributed by atoms with Crippen LogP contribution in [0.25, 0.3) is 0 Å². The Morgan fingerprint density at radius 2 is 1.68 bits per heavy atom. The van der Waals surface area contributed by atoms with Gasteiger partial charge in [0.1, 0.15) is 0 Å². The highest BCUT2D eigenvalue weighted by molar-refractivity contribution is 7.92. The minimum atomic E-state index is -4.10. The lowest BCUT2D eigenvalue weighted by Crippen LogP contribution is -2.14. The zero-order valence-corrected chi connectivity index (χ0v) is 12.6. The molecule has 22 heavy (non-hydrogen) atoms. The van der Waals surface area contributed by atoms with Gasteiger partial charge in [-0.2, -0.15) is 0 Å². The van der Waals surface area contributed by atoms with Gasteiger partial charge >= 0.3 is 0 Å². The Morgan fingerprint density at radius 1 is 1.00 bits per heavy atom. The van der Waals surface area contributed by atoms with Crippen LogP contribution in [0.2, 0.25) is 0 Å². The number of hydrogen-bond acceptors (Lipinski definition) is 4. The summed E-state index contributed by atoms with van der Waals surface area (Å²) in [4.78, 5) is -0.172. The molecule has 0 saturated heterocycles. The van der Waals surface area contributed by atoms with E-state index in [9.17, 15) is 17.2 Å². The molecule has 118 valence electrons. The summed E-state index contributed by atoms with van der Waals surface area (Å²) in [5, 5.41) is 0. The van der Waals surface area contributed by atoms with Crippen LogP contribution < -0.4 is 14.2 Å². The van der Waals surface area contributed by atoms with Crippen LogP contribution in [0.5, 0.6) is 11.5 Å². The van der Waals surface area contributed by atoms with Crippen LogP contribution in [0.4, 0.5) is 14.5 Å². The maximum absolute atomic E-state index is 13.6. The number of halogens is 2. The first-order chi connectivity index (χ1) is 10.4. The van der Waals surface area contributed by atoms with Crippen LogP contribution in [0.15, 0.2) is 41.3 Å². The SMILES string of the molecule is COc1ccc(S(=O)(=O)Nc2cccc(F)c2F)cc1OC. The summed E-state index contributed by atoms with van der Waals surface area (Å²) < 4.78 is 63.2. The van der Waals surface area contributed by atoms with Gasteiger partial charge in [0.25, 0.3) is 10.0 Å². The largest absolute Gasteiger partial charge is 0.493 e. The van der Waals surface area contributed by atoms with Gasteiger partial charge in [0.05, 0.1) is 24.8 Å². The zero-order valence-electron chi connectivity index (χ0n) is 11.8. The van der Waals surface area contributed by atoms with Crippen molar-refractivity contribution in [2.24, 2.45) is 0 Å². The number of nitrogens with one attached hydrogen (secondary N) is 1. The molecule has 0 spiro atoms. The predicted molar refractivity (Wildman–Crippen MR) is 76.7 cm³/mol. The lowest BCUT2D eigenvalue weighted by atomic mass is 10.3. The first-order valence-corrected chi connectivity index (χ1v) is 7.56.